The van der Waals surface area contributed by atoms with Crippen molar-refractivity contribution in [2.75, 3.05) is 39.9 Å². The molecular formula is C23H28N4O4. The smallest absolute Gasteiger partial charge is 0.237 e. The molecule has 1 aliphatic heterocycles. The number of piperazine rings is 1. The van der Waals surface area contributed by atoms with Crippen molar-refractivity contribution in [3.05, 3.63) is 60.4 Å². The van der Waals surface area contributed by atoms with E-state index in [1.807, 2.05) is 41.3 Å². The lowest BCUT2D eigenvalue weighted by Gasteiger charge is -2.33. The van der Waals surface area contributed by atoms with Gasteiger partial charge in [0.05, 0.1) is 32.3 Å². The Balaban J connectivity index is 1.48. The summed E-state index contributed by atoms with van der Waals surface area (Å²) in [6.45, 7) is 2.51. The van der Waals surface area contributed by atoms with Gasteiger partial charge in [-0.05, 0) is 18.2 Å². The van der Waals surface area contributed by atoms with Gasteiger partial charge in [-0.2, -0.15) is 0 Å². The SMILES string of the molecule is COc1ccccc1C=CCN1CCNC(=O)C1CC(=O)NCCOc1cccnc1. The highest BCUT2D eigenvalue weighted by Gasteiger charge is 2.30. The zero-order valence-electron chi connectivity index (χ0n) is 17.6. The Bertz CT molecular complexity index is 888. The molecule has 8 heteroatoms. The van der Waals surface area contributed by atoms with Crippen molar-refractivity contribution in [3.8, 4) is 11.5 Å². The predicted octanol–water partition coefficient (Wildman–Crippen LogP) is 1.49. The van der Waals surface area contributed by atoms with E-state index in [2.05, 4.69) is 15.6 Å². The molecule has 0 bridgehead atoms. The molecule has 1 aromatic heterocycles. The minimum Gasteiger partial charge on any atom is -0.496 e. The van der Waals surface area contributed by atoms with Crippen LogP contribution in [0.25, 0.3) is 6.08 Å². The largest absolute Gasteiger partial charge is 0.496 e. The van der Waals surface area contributed by atoms with Crippen molar-refractivity contribution in [1.82, 2.24) is 20.5 Å². The van der Waals surface area contributed by atoms with Crippen LogP contribution in [0.2, 0.25) is 0 Å². The molecule has 1 aromatic carbocycles. The number of hydrogen-bond acceptors (Lipinski definition) is 6. The quantitative estimate of drug-likeness (QED) is 0.562. The second-order valence-corrected chi connectivity index (χ2v) is 7.04. The molecule has 3 rings (SSSR count). The summed E-state index contributed by atoms with van der Waals surface area (Å²) in [6, 6.07) is 10.8. The lowest BCUT2D eigenvalue weighted by molar-refractivity contribution is -0.133. The molecule has 8 nitrogen and oxygen atoms in total. The van der Waals surface area contributed by atoms with E-state index in [9.17, 15) is 9.59 Å². The fourth-order valence-corrected chi connectivity index (χ4v) is 3.36. The number of pyridine rings is 1. The first-order valence-corrected chi connectivity index (χ1v) is 10.3. The van der Waals surface area contributed by atoms with Gasteiger partial charge in [0.1, 0.15) is 18.1 Å². The molecule has 164 valence electrons. The Kier molecular flexibility index (Phi) is 8.42. The monoisotopic (exact) mass is 424 g/mol. The Morgan fingerprint density at radius 2 is 2.19 bits per heavy atom. The molecule has 1 atom stereocenters. The zero-order chi connectivity index (χ0) is 21.9. The number of hydrogen-bond donors (Lipinski definition) is 2. The molecule has 2 N–H and O–H groups in total. The number of carbonyl (C=O) groups is 2. The van der Waals surface area contributed by atoms with Crippen LogP contribution in [0.3, 0.4) is 0 Å². The third-order valence-electron chi connectivity index (χ3n) is 4.92. The van der Waals surface area contributed by atoms with Gasteiger partial charge >= 0.3 is 0 Å². The summed E-state index contributed by atoms with van der Waals surface area (Å²) in [5.74, 6) is 1.13. The summed E-state index contributed by atoms with van der Waals surface area (Å²) >= 11 is 0. The molecule has 1 saturated heterocycles. The summed E-state index contributed by atoms with van der Waals surface area (Å²) < 4.78 is 10.9. The van der Waals surface area contributed by atoms with E-state index in [-0.39, 0.29) is 18.2 Å². The molecule has 2 aromatic rings. The number of carbonyl (C=O) groups excluding carboxylic acids is 2. The third kappa shape index (κ3) is 6.82. The molecule has 1 aliphatic rings. The van der Waals surface area contributed by atoms with Crippen LogP contribution in [0.5, 0.6) is 11.5 Å². The van der Waals surface area contributed by atoms with E-state index < -0.39 is 6.04 Å². The summed E-state index contributed by atoms with van der Waals surface area (Å²) in [7, 11) is 1.64. The van der Waals surface area contributed by atoms with Crippen LogP contribution in [0.1, 0.15) is 12.0 Å². The highest BCUT2D eigenvalue weighted by Crippen LogP contribution is 2.19. The van der Waals surface area contributed by atoms with Crippen LogP contribution in [0.4, 0.5) is 0 Å². The molecular weight excluding hydrogens is 396 g/mol. The van der Waals surface area contributed by atoms with Crippen LogP contribution in [-0.2, 0) is 9.59 Å². The van der Waals surface area contributed by atoms with Gasteiger partial charge in [-0.15, -0.1) is 0 Å². The Hall–Kier alpha value is -3.39. The highest BCUT2D eigenvalue weighted by molar-refractivity contribution is 5.88. The van der Waals surface area contributed by atoms with E-state index in [1.165, 1.54) is 0 Å². The average Bonchev–Trinajstić information content (AvgIpc) is 2.80. The van der Waals surface area contributed by atoms with Crippen molar-refractivity contribution in [2.45, 2.75) is 12.5 Å². The molecule has 0 aliphatic carbocycles. The number of para-hydroxylation sites is 1. The zero-order valence-corrected chi connectivity index (χ0v) is 17.6. The van der Waals surface area contributed by atoms with E-state index in [0.717, 1.165) is 11.3 Å². The van der Waals surface area contributed by atoms with Crippen LogP contribution < -0.4 is 20.1 Å². The van der Waals surface area contributed by atoms with Gasteiger partial charge in [-0.3, -0.25) is 19.5 Å². The van der Waals surface area contributed by atoms with Crippen molar-refractivity contribution in [3.63, 3.8) is 0 Å². The van der Waals surface area contributed by atoms with Crippen molar-refractivity contribution >= 4 is 17.9 Å². The molecule has 0 saturated carbocycles. The first-order chi connectivity index (χ1) is 15.2. The van der Waals surface area contributed by atoms with E-state index in [0.29, 0.717) is 38.5 Å². The molecule has 1 unspecified atom stereocenters. The van der Waals surface area contributed by atoms with Crippen molar-refractivity contribution in [2.24, 2.45) is 0 Å². The fraction of sp³-hybridized carbons (Fsp3) is 0.348. The predicted molar refractivity (Wildman–Crippen MR) is 118 cm³/mol. The lowest BCUT2D eigenvalue weighted by Crippen LogP contribution is -2.56. The van der Waals surface area contributed by atoms with Gasteiger partial charge in [0, 0.05) is 31.4 Å². The lowest BCUT2D eigenvalue weighted by atomic mass is 10.1. The van der Waals surface area contributed by atoms with E-state index in [4.69, 9.17) is 9.47 Å². The van der Waals surface area contributed by atoms with Gasteiger partial charge in [0.25, 0.3) is 0 Å². The van der Waals surface area contributed by atoms with Gasteiger partial charge < -0.3 is 20.1 Å². The summed E-state index contributed by atoms with van der Waals surface area (Å²) in [5, 5.41) is 5.66. The third-order valence-corrected chi connectivity index (χ3v) is 4.92. The second kappa shape index (κ2) is 11.7. The van der Waals surface area contributed by atoms with Crippen LogP contribution in [-0.4, -0.2) is 67.6 Å². The molecule has 31 heavy (non-hydrogen) atoms. The maximum Gasteiger partial charge on any atom is 0.237 e. The number of methoxy groups -OCH3 is 1. The maximum atomic E-state index is 12.4. The first kappa shape index (κ1) is 22.3. The number of amides is 2. The molecule has 2 amide bonds. The van der Waals surface area contributed by atoms with Gasteiger partial charge in [-0.25, -0.2) is 0 Å². The number of aromatic nitrogens is 1. The Morgan fingerprint density at radius 3 is 3.00 bits per heavy atom. The minimum absolute atomic E-state index is 0.0984. The Labute approximate surface area is 182 Å². The molecule has 1 fully saturated rings. The second-order valence-electron chi connectivity index (χ2n) is 7.04. The molecule has 2 heterocycles. The van der Waals surface area contributed by atoms with E-state index >= 15 is 0 Å². The van der Waals surface area contributed by atoms with Crippen LogP contribution in [0, 0.1) is 0 Å². The molecule has 0 spiro atoms. The first-order valence-electron chi connectivity index (χ1n) is 10.3. The standard InChI is InChI=1S/C23H28N4O4/c1-30-21-9-3-2-6-18(21)7-5-13-27-14-11-26-23(29)20(27)16-22(28)25-12-15-31-19-8-4-10-24-17-19/h2-10,17,20H,11-16H2,1H3,(H,25,28)(H,26,29). The average molecular weight is 425 g/mol. The van der Waals surface area contributed by atoms with Gasteiger partial charge in [-0.1, -0.05) is 30.4 Å². The normalized spacial score (nSPS) is 16.7. The van der Waals surface area contributed by atoms with Gasteiger partial charge in [0.15, 0.2) is 0 Å². The minimum atomic E-state index is -0.504. The van der Waals surface area contributed by atoms with Crippen molar-refractivity contribution < 1.29 is 19.1 Å². The fourth-order valence-electron chi connectivity index (χ4n) is 3.36. The summed E-state index contributed by atoms with van der Waals surface area (Å²) in [6.07, 6.45) is 7.34. The highest BCUT2D eigenvalue weighted by atomic mass is 16.5. The summed E-state index contributed by atoms with van der Waals surface area (Å²) in [5.41, 5.74) is 0.967. The number of nitrogens with zero attached hydrogens (tertiary/aromatic N) is 2. The van der Waals surface area contributed by atoms with Gasteiger partial charge in [0.2, 0.25) is 11.8 Å². The van der Waals surface area contributed by atoms with E-state index in [1.54, 1.807) is 31.6 Å². The topological polar surface area (TPSA) is 92.8 Å². The number of ether oxygens (including phenoxy) is 2. The van der Waals surface area contributed by atoms with Crippen LogP contribution >= 0.6 is 0 Å². The van der Waals surface area contributed by atoms with Crippen LogP contribution in [0.15, 0.2) is 54.9 Å². The number of rotatable bonds is 10. The molecule has 0 radical (unpaired) electrons. The van der Waals surface area contributed by atoms with Crippen molar-refractivity contribution in [1.29, 1.82) is 0 Å². The maximum absolute atomic E-state index is 12.4. The number of nitrogens with one attached hydrogen (secondary N) is 2. The number of benzene rings is 1. The summed E-state index contributed by atoms with van der Waals surface area (Å²) in [4.78, 5) is 30.7. The Morgan fingerprint density at radius 1 is 1.32 bits per heavy atom.